The van der Waals surface area contributed by atoms with Crippen molar-refractivity contribution in [1.82, 2.24) is 0 Å². The smallest absolute Gasteiger partial charge is 0.0105 e. The highest BCUT2D eigenvalue weighted by atomic mass is 14.3. The van der Waals surface area contributed by atoms with E-state index >= 15 is 0 Å². The van der Waals surface area contributed by atoms with E-state index in [1.165, 1.54) is 82.0 Å². The molecular formula is C46H36. The van der Waals surface area contributed by atoms with E-state index in [2.05, 4.69) is 159 Å². The van der Waals surface area contributed by atoms with Crippen molar-refractivity contribution in [3.63, 3.8) is 0 Å². The Bertz CT molecular complexity index is 2420. The minimum Gasteiger partial charge on any atom is -0.0616 e. The molecular weight excluding hydrogens is 553 g/mol. The molecule has 46 heavy (non-hydrogen) atoms. The molecule has 8 aromatic carbocycles. The minimum absolute atomic E-state index is 0.243. The van der Waals surface area contributed by atoms with Gasteiger partial charge in [0.25, 0.3) is 0 Å². The van der Waals surface area contributed by atoms with Crippen LogP contribution in [0, 0.1) is 0 Å². The van der Waals surface area contributed by atoms with Crippen LogP contribution >= 0.6 is 0 Å². The quantitative estimate of drug-likeness (QED) is 0.179. The summed E-state index contributed by atoms with van der Waals surface area (Å²) in [6, 6.07) is 57.6. The molecule has 1 aliphatic carbocycles. The summed E-state index contributed by atoms with van der Waals surface area (Å²) in [5.74, 6) is 0.497. The zero-order valence-corrected chi connectivity index (χ0v) is 26.2. The second-order valence-electron chi connectivity index (χ2n) is 13.3. The van der Waals surface area contributed by atoms with Crippen LogP contribution in [0.2, 0.25) is 0 Å². The van der Waals surface area contributed by atoms with Crippen LogP contribution in [0.25, 0.3) is 43.1 Å². The lowest BCUT2D eigenvalue weighted by Gasteiger charge is -2.25. The summed E-state index contributed by atoms with van der Waals surface area (Å²) in [7, 11) is 0. The van der Waals surface area contributed by atoms with Crippen LogP contribution in [0.1, 0.15) is 64.1 Å². The standard InChI is InChI=1S/C46H36/c1-30-37-28-36-14-5-9-19-42(36)46(29-37)44(43-20-10-15-33-11-2-7-17-40(33)43)22-21-31-23-34-12-3-6-16-39(34)38(24-31)26-32-25-35-13-4-8-18-41(35)45(30)27-32/h2-20,23-25,27-30,44H,21-22,26H2,1H3. The number of aryl methyl sites for hydroxylation is 1. The van der Waals surface area contributed by atoms with Crippen molar-refractivity contribution >= 4 is 43.1 Å². The maximum Gasteiger partial charge on any atom is 0.0105 e. The number of benzene rings is 8. The third kappa shape index (κ3) is 4.60. The molecule has 9 rings (SSSR count). The van der Waals surface area contributed by atoms with Crippen LogP contribution in [-0.2, 0) is 12.8 Å². The van der Waals surface area contributed by atoms with Gasteiger partial charge in [-0.25, -0.2) is 0 Å². The Morgan fingerprint density at radius 3 is 1.76 bits per heavy atom. The van der Waals surface area contributed by atoms with Crippen molar-refractivity contribution < 1.29 is 0 Å². The van der Waals surface area contributed by atoms with E-state index in [1.807, 2.05) is 0 Å². The SMILES string of the molecule is CC1c2cc(c3ccccc3c2)C(c2cccc3ccccc23)CCc2cc(c3ccccc3c2)Cc2cc1c1ccccc1c2. The highest BCUT2D eigenvalue weighted by Gasteiger charge is 2.23. The second-order valence-corrected chi connectivity index (χ2v) is 13.3. The lowest BCUT2D eigenvalue weighted by molar-refractivity contribution is 0.722. The molecule has 8 aromatic rings. The first-order valence-electron chi connectivity index (χ1n) is 16.7. The maximum absolute atomic E-state index is 2.55. The van der Waals surface area contributed by atoms with Gasteiger partial charge < -0.3 is 0 Å². The Hall–Kier alpha value is -5.20. The van der Waals surface area contributed by atoms with E-state index in [9.17, 15) is 0 Å². The normalized spacial score (nSPS) is 16.5. The van der Waals surface area contributed by atoms with Gasteiger partial charge >= 0.3 is 0 Å². The van der Waals surface area contributed by atoms with E-state index in [0.29, 0.717) is 0 Å². The third-order valence-electron chi connectivity index (χ3n) is 10.5. The van der Waals surface area contributed by atoms with E-state index < -0.39 is 0 Å². The molecule has 0 aliphatic heterocycles. The maximum atomic E-state index is 2.55. The predicted octanol–water partition coefficient (Wildman–Crippen LogP) is 12.1. The first kappa shape index (κ1) is 27.1. The molecule has 2 atom stereocenters. The molecule has 0 N–H and O–H groups in total. The highest BCUT2D eigenvalue weighted by molar-refractivity contribution is 5.92. The van der Waals surface area contributed by atoms with Gasteiger partial charge in [-0.2, -0.15) is 0 Å². The van der Waals surface area contributed by atoms with Crippen molar-refractivity contribution in [1.29, 1.82) is 0 Å². The van der Waals surface area contributed by atoms with Gasteiger partial charge in [-0.1, -0.05) is 159 Å². The van der Waals surface area contributed by atoms with E-state index in [1.54, 1.807) is 0 Å². The number of hydrogen-bond acceptors (Lipinski definition) is 0. The molecule has 0 amide bonds. The summed E-state index contributed by atoms with van der Waals surface area (Å²) in [6.07, 6.45) is 2.99. The number of fused-ring (bicyclic) bond motifs is 13. The Labute approximate surface area is 271 Å². The van der Waals surface area contributed by atoms with Gasteiger partial charge in [0.1, 0.15) is 0 Å². The van der Waals surface area contributed by atoms with E-state index in [-0.39, 0.29) is 11.8 Å². The number of rotatable bonds is 1. The van der Waals surface area contributed by atoms with Crippen LogP contribution in [0.3, 0.4) is 0 Å². The largest absolute Gasteiger partial charge is 0.0616 e. The summed E-state index contributed by atoms with van der Waals surface area (Å²) in [5, 5.41) is 10.7. The Morgan fingerprint density at radius 1 is 0.435 bits per heavy atom. The van der Waals surface area contributed by atoms with Gasteiger partial charge in [-0.15, -0.1) is 0 Å². The monoisotopic (exact) mass is 588 g/mol. The average molecular weight is 589 g/mol. The van der Waals surface area contributed by atoms with Crippen LogP contribution in [0.4, 0.5) is 0 Å². The van der Waals surface area contributed by atoms with Gasteiger partial charge in [-0.3, -0.25) is 0 Å². The van der Waals surface area contributed by atoms with Gasteiger partial charge in [0.05, 0.1) is 0 Å². The van der Waals surface area contributed by atoms with E-state index in [0.717, 1.165) is 19.3 Å². The molecule has 0 saturated heterocycles. The molecule has 0 heteroatoms. The summed E-state index contributed by atoms with van der Waals surface area (Å²) < 4.78 is 0. The lowest BCUT2D eigenvalue weighted by atomic mass is 9.78. The molecule has 0 spiro atoms. The first-order chi connectivity index (χ1) is 22.7. The zero-order chi connectivity index (χ0) is 30.6. The molecule has 1 aliphatic rings. The molecule has 0 heterocycles. The fourth-order valence-corrected chi connectivity index (χ4v) is 8.26. The zero-order valence-electron chi connectivity index (χ0n) is 26.2. The molecule has 0 saturated carbocycles. The predicted molar refractivity (Wildman–Crippen MR) is 196 cm³/mol. The summed E-state index contributed by atoms with van der Waals surface area (Å²) in [6.45, 7) is 2.41. The van der Waals surface area contributed by atoms with Crippen LogP contribution in [0.5, 0.6) is 0 Å². The fourth-order valence-electron chi connectivity index (χ4n) is 8.26. The van der Waals surface area contributed by atoms with Gasteiger partial charge in [0.15, 0.2) is 0 Å². The number of hydrogen-bond donors (Lipinski definition) is 0. The molecule has 0 fully saturated rings. The lowest BCUT2D eigenvalue weighted by Crippen LogP contribution is -2.08. The topological polar surface area (TPSA) is 0 Å². The third-order valence-corrected chi connectivity index (χ3v) is 10.5. The summed E-state index contributed by atoms with van der Waals surface area (Å²) >= 11 is 0. The highest BCUT2D eigenvalue weighted by Crippen LogP contribution is 2.42. The van der Waals surface area contributed by atoms with Gasteiger partial charge in [-0.05, 0) is 101 Å². The van der Waals surface area contributed by atoms with Crippen molar-refractivity contribution in [3.8, 4) is 0 Å². The first-order valence-corrected chi connectivity index (χ1v) is 16.7. The summed E-state index contributed by atoms with van der Waals surface area (Å²) in [4.78, 5) is 0. The fraction of sp³-hybridized carbons (Fsp3) is 0.130. The van der Waals surface area contributed by atoms with E-state index in [4.69, 9.17) is 0 Å². The molecule has 0 aromatic heterocycles. The van der Waals surface area contributed by atoms with Crippen molar-refractivity contribution in [2.75, 3.05) is 0 Å². The summed E-state index contributed by atoms with van der Waals surface area (Å²) in [5.41, 5.74) is 9.89. The van der Waals surface area contributed by atoms with Crippen molar-refractivity contribution in [2.45, 2.75) is 38.0 Å². The van der Waals surface area contributed by atoms with Gasteiger partial charge in [0, 0.05) is 11.8 Å². The Balaban J connectivity index is 1.36. The Morgan fingerprint density at radius 2 is 1.00 bits per heavy atom. The van der Waals surface area contributed by atoms with Gasteiger partial charge in [0.2, 0.25) is 0 Å². The van der Waals surface area contributed by atoms with Crippen LogP contribution in [-0.4, -0.2) is 0 Å². The Kier molecular flexibility index (Phi) is 6.49. The minimum atomic E-state index is 0.243. The molecule has 6 bridgehead atoms. The van der Waals surface area contributed by atoms with Crippen molar-refractivity contribution in [3.05, 3.63) is 191 Å². The second kappa shape index (κ2) is 11.0. The molecule has 2 unspecified atom stereocenters. The molecule has 0 nitrogen and oxygen atoms in total. The van der Waals surface area contributed by atoms with Crippen molar-refractivity contribution in [2.24, 2.45) is 0 Å². The molecule has 220 valence electrons. The average Bonchev–Trinajstić information content (AvgIpc) is 3.10. The molecule has 0 radical (unpaired) electrons. The van der Waals surface area contributed by atoms with Crippen LogP contribution in [0.15, 0.2) is 152 Å². The van der Waals surface area contributed by atoms with Crippen LogP contribution < -0.4 is 0 Å².